The summed E-state index contributed by atoms with van der Waals surface area (Å²) in [6, 6.07) is 3.07. The van der Waals surface area contributed by atoms with Gasteiger partial charge in [0.05, 0.1) is 0 Å². The van der Waals surface area contributed by atoms with Gasteiger partial charge < -0.3 is 15.3 Å². The second-order valence-corrected chi connectivity index (χ2v) is 5.89. The molecule has 3 N–H and O–H groups in total. The Morgan fingerprint density at radius 1 is 0.815 bits per heavy atom. The summed E-state index contributed by atoms with van der Waals surface area (Å²) in [6.45, 7) is 0.119. The summed E-state index contributed by atoms with van der Waals surface area (Å²) in [5.41, 5.74) is -11.1. The van der Waals surface area contributed by atoms with Crippen LogP contribution in [-0.4, -0.2) is 45.1 Å². The first-order valence-electron chi connectivity index (χ1n) is 6.98. The normalized spacial score (nSPS) is 17.0. The van der Waals surface area contributed by atoms with Gasteiger partial charge in [0.15, 0.2) is 5.60 Å². The number of alkyl halides is 9. The molecule has 0 saturated heterocycles. The predicted octanol–water partition coefficient (Wildman–Crippen LogP) is 4.33. The van der Waals surface area contributed by atoms with Crippen molar-refractivity contribution in [1.82, 2.24) is 0 Å². The minimum Gasteiger partial charge on any atom is -0.508 e. The largest absolute Gasteiger partial charge is 0.508 e. The van der Waals surface area contributed by atoms with Crippen LogP contribution in [0.2, 0.25) is 0 Å². The van der Waals surface area contributed by atoms with Gasteiger partial charge in [-0.2, -0.15) is 39.5 Å². The van der Waals surface area contributed by atoms with E-state index in [0.717, 1.165) is 24.3 Å². The molecular formula is C15H13F9O3. The quantitative estimate of drug-likeness (QED) is 0.646. The standard InChI is InChI=1S/C15H13F9O3/c1-11(26,13(16,17)18)6-9(8-2-4-10(25)5-3-8)7-12(27,14(19,20)21)15(22,23)24/h2-6,25-27H,7H2,1H3/b9-6+. The summed E-state index contributed by atoms with van der Waals surface area (Å²) >= 11 is 0. The van der Waals surface area contributed by atoms with Gasteiger partial charge in [0, 0.05) is 6.42 Å². The zero-order valence-electron chi connectivity index (χ0n) is 13.3. The van der Waals surface area contributed by atoms with Gasteiger partial charge in [0.1, 0.15) is 5.75 Å². The SMILES string of the molecule is CC(O)(/C=C(\CC(O)(C(F)(F)F)C(F)(F)F)c1ccc(O)cc1)C(F)(F)F. The fourth-order valence-corrected chi connectivity index (χ4v) is 1.97. The van der Waals surface area contributed by atoms with Crippen molar-refractivity contribution in [1.29, 1.82) is 0 Å². The number of phenols is 1. The topological polar surface area (TPSA) is 60.7 Å². The number of phenolic OH excluding ortho intramolecular Hbond substituents is 1. The molecule has 0 amide bonds. The summed E-state index contributed by atoms with van der Waals surface area (Å²) in [4.78, 5) is 0. The Labute approximate surface area is 146 Å². The highest BCUT2D eigenvalue weighted by atomic mass is 19.4. The molecule has 0 aliphatic rings. The molecule has 0 radical (unpaired) electrons. The molecule has 1 atom stereocenters. The minimum absolute atomic E-state index is 0.119. The molecule has 1 unspecified atom stereocenters. The minimum atomic E-state index is -6.27. The first-order chi connectivity index (χ1) is 11.8. The van der Waals surface area contributed by atoms with E-state index >= 15 is 0 Å². The summed E-state index contributed by atoms with van der Waals surface area (Å²) in [7, 11) is 0. The third-order valence-electron chi connectivity index (χ3n) is 3.65. The second kappa shape index (κ2) is 6.89. The van der Waals surface area contributed by atoms with Crippen molar-refractivity contribution in [2.24, 2.45) is 0 Å². The molecular weight excluding hydrogens is 399 g/mol. The zero-order valence-corrected chi connectivity index (χ0v) is 13.3. The van der Waals surface area contributed by atoms with Crippen molar-refractivity contribution >= 4 is 5.57 Å². The molecule has 154 valence electrons. The van der Waals surface area contributed by atoms with Crippen molar-refractivity contribution in [3.8, 4) is 5.75 Å². The molecule has 0 heterocycles. The Balaban J connectivity index is 3.62. The average Bonchev–Trinajstić information content (AvgIpc) is 2.43. The average molecular weight is 412 g/mol. The Kier molecular flexibility index (Phi) is 5.90. The summed E-state index contributed by atoms with van der Waals surface area (Å²) in [6.07, 6.45) is -20.6. The van der Waals surface area contributed by atoms with Crippen LogP contribution in [0.1, 0.15) is 18.9 Å². The van der Waals surface area contributed by atoms with Crippen LogP contribution in [0.25, 0.3) is 5.57 Å². The van der Waals surface area contributed by atoms with Crippen molar-refractivity contribution in [2.75, 3.05) is 0 Å². The lowest BCUT2D eigenvalue weighted by Gasteiger charge is -2.34. The molecule has 0 aliphatic heterocycles. The third-order valence-corrected chi connectivity index (χ3v) is 3.65. The maximum atomic E-state index is 12.9. The Morgan fingerprint density at radius 2 is 1.22 bits per heavy atom. The van der Waals surface area contributed by atoms with Gasteiger partial charge in [0.2, 0.25) is 0 Å². The first kappa shape index (κ1) is 23.1. The van der Waals surface area contributed by atoms with E-state index in [2.05, 4.69) is 0 Å². The van der Waals surface area contributed by atoms with E-state index in [0.29, 0.717) is 0 Å². The number of benzene rings is 1. The van der Waals surface area contributed by atoms with Crippen LogP contribution in [0.5, 0.6) is 5.75 Å². The van der Waals surface area contributed by atoms with E-state index in [9.17, 15) is 49.7 Å². The van der Waals surface area contributed by atoms with E-state index in [1.165, 1.54) is 0 Å². The number of halogens is 9. The molecule has 1 aromatic carbocycles. The molecule has 1 rings (SSSR count). The molecule has 0 fully saturated rings. The molecule has 0 aliphatic carbocycles. The fourth-order valence-electron chi connectivity index (χ4n) is 1.97. The number of rotatable bonds is 4. The van der Waals surface area contributed by atoms with Gasteiger partial charge >= 0.3 is 18.5 Å². The van der Waals surface area contributed by atoms with Crippen molar-refractivity contribution < 1.29 is 54.8 Å². The summed E-state index contributed by atoms with van der Waals surface area (Å²) < 4.78 is 116. The molecule has 0 bridgehead atoms. The maximum absolute atomic E-state index is 12.9. The molecule has 12 heteroatoms. The monoisotopic (exact) mass is 412 g/mol. The predicted molar refractivity (Wildman–Crippen MR) is 74.4 cm³/mol. The van der Waals surface area contributed by atoms with Crippen LogP contribution in [0.3, 0.4) is 0 Å². The Bertz CT molecular complexity index is 668. The van der Waals surface area contributed by atoms with E-state index < -0.39 is 53.0 Å². The summed E-state index contributed by atoms with van der Waals surface area (Å²) in [5.74, 6) is -0.470. The summed E-state index contributed by atoms with van der Waals surface area (Å²) in [5, 5.41) is 27.8. The molecule has 27 heavy (non-hydrogen) atoms. The zero-order chi connectivity index (χ0) is 21.5. The molecule has 3 nitrogen and oxygen atoms in total. The lowest BCUT2D eigenvalue weighted by atomic mass is 9.86. The van der Waals surface area contributed by atoms with Crippen molar-refractivity contribution in [2.45, 2.75) is 43.1 Å². The molecule has 0 aromatic heterocycles. The maximum Gasteiger partial charge on any atom is 0.426 e. The van der Waals surface area contributed by atoms with Crippen LogP contribution < -0.4 is 0 Å². The first-order valence-corrected chi connectivity index (χ1v) is 6.98. The van der Waals surface area contributed by atoms with Gasteiger partial charge in [-0.1, -0.05) is 12.1 Å². The highest BCUT2D eigenvalue weighted by Gasteiger charge is 2.70. The fraction of sp³-hybridized carbons (Fsp3) is 0.467. The van der Waals surface area contributed by atoms with E-state index in [1.807, 2.05) is 0 Å². The van der Waals surface area contributed by atoms with Crippen molar-refractivity contribution in [3.05, 3.63) is 35.9 Å². The number of aromatic hydroxyl groups is 1. The van der Waals surface area contributed by atoms with Crippen LogP contribution in [0.15, 0.2) is 30.3 Å². The van der Waals surface area contributed by atoms with Crippen LogP contribution in [0.4, 0.5) is 39.5 Å². The van der Waals surface area contributed by atoms with Gasteiger partial charge in [-0.3, -0.25) is 0 Å². The van der Waals surface area contributed by atoms with Crippen molar-refractivity contribution in [3.63, 3.8) is 0 Å². The van der Waals surface area contributed by atoms with Crippen LogP contribution in [-0.2, 0) is 0 Å². The van der Waals surface area contributed by atoms with E-state index in [4.69, 9.17) is 5.11 Å². The van der Waals surface area contributed by atoms with Gasteiger partial charge in [-0.05, 0) is 36.3 Å². The molecule has 1 aromatic rings. The van der Waals surface area contributed by atoms with Gasteiger partial charge in [0.25, 0.3) is 5.60 Å². The second-order valence-electron chi connectivity index (χ2n) is 5.89. The smallest absolute Gasteiger partial charge is 0.426 e. The molecule has 0 saturated carbocycles. The lowest BCUT2D eigenvalue weighted by Crippen LogP contribution is -2.57. The number of hydrogen-bond acceptors (Lipinski definition) is 3. The molecule has 0 spiro atoms. The van der Waals surface area contributed by atoms with E-state index in [1.54, 1.807) is 0 Å². The van der Waals surface area contributed by atoms with Crippen LogP contribution >= 0.6 is 0 Å². The third kappa shape index (κ3) is 4.86. The Hall–Kier alpha value is -1.95. The number of hydrogen-bond donors (Lipinski definition) is 3. The highest BCUT2D eigenvalue weighted by Crippen LogP contribution is 2.48. The van der Waals surface area contributed by atoms with Crippen LogP contribution in [0, 0.1) is 0 Å². The Morgan fingerprint density at radius 3 is 1.56 bits per heavy atom. The number of aliphatic hydroxyl groups is 2. The van der Waals surface area contributed by atoms with Gasteiger partial charge in [-0.25, -0.2) is 0 Å². The van der Waals surface area contributed by atoms with Gasteiger partial charge in [-0.15, -0.1) is 0 Å². The van der Waals surface area contributed by atoms with E-state index in [-0.39, 0.29) is 13.0 Å². The lowest BCUT2D eigenvalue weighted by molar-refractivity contribution is -0.365. The highest BCUT2D eigenvalue weighted by molar-refractivity contribution is 5.68.